The van der Waals surface area contributed by atoms with Gasteiger partial charge in [0, 0.05) is 10.9 Å². The minimum atomic E-state index is -0.518. The number of rotatable bonds is 6. The molecular formula is C19H18ClNO2. The van der Waals surface area contributed by atoms with E-state index in [1.54, 1.807) is 13.0 Å². The topological polar surface area (TPSA) is 50.1 Å². The molecule has 2 rings (SSSR count). The Hall–Kier alpha value is -2.31. The summed E-state index contributed by atoms with van der Waals surface area (Å²) in [5.41, 5.74) is 1.65. The molecule has 0 aromatic heterocycles. The fourth-order valence-corrected chi connectivity index (χ4v) is 2.88. The Morgan fingerprint density at radius 1 is 1.17 bits per heavy atom. The number of carbonyl (C=O) groups is 1. The number of nitriles is 1. The zero-order chi connectivity index (χ0) is 16.7. The van der Waals surface area contributed by atoms with Crippen molar-refractivity contribution in [3.8, 4) is 6.07 Å². The van der Waals surface area contributed by atoms with Gasteiger partial charge in [-0.2, -0.15) is 5.26 Å². The van der Waals surface area contributed by atoms with E-state index in [0.29, 0.717) is 11.6 Å². The molecule has 0 fully saturated rings. The molecule has 0 saturated heterocycles. The van der Waals surface area contributed by atoms with Crippen molar-refractivity contribution >= 4 is 17.6 Å². The molecule has 0 spiro atoms. The smallest absolute Gasteiger partial charge is 0.306 e. The summed E-state index contributed by atoms with van der Waals surface area (Å²) in [6.07, 6.45) is 0.140. The summed E-state index contributed by atoms with van der Waals surface area (Å²) >= 11 is 6.26. The third-order valence-corrected chi connectivity index (χ3v) is 4.05. The summed E-state index contributed by atoms with van der Waals surface area (Å²) in [5, 5.41) is 10.2. The standard InChI is InChI=1S/C19H18ClNO2/c1-2-23-19(22)12-16(14-8-4-3-5-9-14)17(13-21)15-10-6-7-11-18(15)20/h3-11,16-17H,2,12H2,1H3. The third kappa shape index (κ3) is 4.34. The second kappa shape index (κ2) is 8.36. The quantitative estimate of drug-likeness (QED) is 0.723. The lowest BCUT2D eigenvalue weighted by molar-refractivity contribution is -0.143. The fourth-order valence-electron chi connectivity index (χ4n) is 2.63. The van der Waals surface area contributed by atoms with E-state index in [0.717, 1.165) is 11.1 Å². The molecule has 2 aromatic rings. The van der Waals surface area contributed by atoms with Crippen LogP contribution in [0.5, 0.6) is 0 Å². The number of carbonyl (C=O) groups excluding carboxylic acids is 1. The molecule has 2 aromatic carbocycles. The summed E-state index contributed by atoms with van der Waals surface area (Å²) in [6, 6.07) is 19.1. The lowest BCUT2D eigenvalue weighted by atomic mass is 9.80. The minimum Gasteiger partial charge on any atom is -0.466 e. The first-order valence-corrected chi connectivity index (χ1v) is 7.89. The Bertz CT molecular complexity index is 694. The molecule has 0 aliphatic heterocycles. The highest BCUT2D eigenvalue weighted by Gasteiger charge is 2.29. The predicted octanol–water partition coefficient (Wildman–Crippen LogP) is 4.68. The Labute approximate surface area is 141 Å². The molecule has 0 radical (unpaired) electrons. The first kappa shape index (κ1) is 17.1. The van der Waals surface area contributed by atoms with Crippen molar-refractivity contribution in [1.29, 1.82) is 5.26 Å². The number of halogens is 1. The van der Waals surface area contributed by atoms with Gasteiger partial charge in [-0.05, 0) is 24.1 Å². The van der Waals surface area contributed by atoms with Crippen molar-refractivity contribution in [1.82, 2.24) is 0 Å². The SMILES string of the molecule is CCOC(=O)CC(c1ccccc1)C(C#N)c1ccccc1Cl. The summed E-state index contributed by atoms with van der Waals surface area (Å²) in [7, 11) is 0. The van der Waals surface area contributed by atoms with Gasteiger partial charge in [-0.1, -0.05) is 60.1 Å². The van der Waals surface area contributed by atoms with Crippen molar-refractivity contribution in [2.45, 2.75) is 25.2 Å². The van der Waals surface area contributed by atoms with Gasteiger partial charge >= 0.3 is 5.97 Å². The maximum absolute atomic E-state index is 12.0. The summed E-state index contributed by atoms with van der Waals surface area (Å²) in [5.74, 6) is -1.13. The monoisotopic (exact) mass is 327 g/mol. The highest BCUT2D eigenvalue weighted by molar-refractivity contribution is 6.31. The fraction of sp³-hybridized carbons (Fsp3) is 0.263. The van der Waals surface area contributed by atoms with Crippen LogP contribution in [0.3, 0.4) is 0 Å². The summed E-state index contributed by atoms with van der Waals surface area (Å²) in [4.78, 5) is 12.0. The number of hydrogen-bond acceptors (Lipinski definition) is 3. The van der Waals surface area contributed by atoms with Crippen LogP contribution in [0.1, 0.15) is 36.3 Å². The van der Waals surface area contributed by atoms with Crippen LogP contribution in [0, 0.1) is 11.3 Å². The Kier molecular flexibility index (Phi) is 6.19. The highest BCUT2D eigenvalue weighted by Crippen LogP contribution is 2.38. The van der Waals surface area contributed by atoms with Gasteiger partial charge in [0.25, 0.3) is 0 Å². The highest BCUT2D eigenvalue weighted by atomic mass is 35.5. The Morgan fingerprint density at radius 3 is 2.43 bits per heavy atom. The summed E-state index contributed by atoms with van der Waals surface area (Å²) in [6.45, 7) is 2.09. The van der Waals surface area contributed by atoms with E-state index in [9.17, 15) is 10.1 Å². The maximum atomic E-state index is 12.0. The van der Waals surface area contributed by atoms with Gasteiger partial charge in [0.2, 0.25) is 0 Å². The van der Waals surface area contributed by atoms with Crippen molar-refractivity contribution in [3.05, 3.63) is 70.7 Å². The molecule has 2 atom stereocenters. The van der Waals surface area contributed by atoms with Crippen molar-refractivity contribution in [2.75, 3.05) is 6.61 Å². The average molecular weight is 328 g/mol. The van der Waals surface area contributed by atoms with Crippen molar-refractivity contribution < 1.29 is 9.53 Å². The molecule has 2 unspecified atom stereocenters. The minimum absolute atomic E-state index is 0.140. The van der Waals surface area contributed by atoms with Crippen LogP contribution >= 0.6 is 11.6 Å². The van der Waals surface area contributed by atoms with Crippen molar-refractivity contribution in [2.24, 2.45) is 0 Å². The molecule has 0 saturated carbocycles. The predicted molar refractivity (Wildman–Crippen MR) is 90.2 cm³/mol. The molecular weight excluding hydrogens is 310 g/mol. The first-order chi connectivity index (χ1) is 11.2. The Balaban J connectivity index is 2.41. The zero-order valence-electron chi connectivity index (χ0n) is 12.9. The molecule has 0 aliphatic carbocycles. The molecule has 4 heteroatoms. The maximum Gasteiger partial charge on any atom is 0.306 e. The first-order valence-electron chi connectivity index (χ1n) is 7.52. The van der Waals surface area contributed by atoms with Crippen LogP contribution in [0.15, 0.2) is 54.6 Å². The van der Waals surface area contributed by atoms with Crippen LogP contribution in [0.4, 0.5) is 0 Å². The Morgan fingerprint density at radius 2 is 1.83 bits per heavy atom. The lowest BCUT2D eigenvalue weighted by Crippen LogP contribution is -2.16. The molecule has 3 nitrogen and oxygen atoms in total. The van der Waals surface area contributed by atoms with E-state index in [1.807, 2.05) is 48.5 Å². The van der Waals surface area contributed by atoms with Gasteiger partial charge in [-0.3, -0.25) is 4.79 Å². The second-order valence-electron chi connectivity index (χ2n) is 5.15. The van der Waals surface area contributed by atoms with E-state index >= 15 is 0 Å². The van der Waals surface area contributed by atoms with Crippen LogP contribution < -0.4 is 0 Å². The number of hydrogen-bond donors (Lipinski definition) is 0. The average Bonchev–Trinajstić information content (AvgIpc) is 2.57. The van der Waals surface area contributed by atoms with Gasteiger partial charge in [0.1, 0.15) is 0 Å². The number of benzene rings is 2. The van der Waals surface area contributed by atoms with Crippen LogP contribution in [-0.2, 0) is 9.53 Å². The number of esters is 1. The molecule has 0 heterocycles. The zero-order valence-corrected chi connectivity index (χ0v) is 13.7. The largest absolute Gasteiger partial charge is 0.466 e. The van der Waals surface area contributed by atoms with E-state index in [-0.39, 0.29) is 18.3 Å². The molecule has 0 N–H and O–H groups in total. The van der Waals surface area contributed by atoms with E-state index in [4.69, 9.17) is 16.3 Å². The van der Waals surface area contributed by atoms with Gasteiger partial charge in [-0.15, -0.1) is 0 Å². The van der Waals surface area contributed by atoms with Crippen LogP contribution in [-0.4, -0.2) is 12.6 Å². The van der Waals surface area contributed by atoms with Gasteiger partial charge < -0.3 is 4.74 Å². The van der Waals surface area contributed by atoms with E-state index in [1.165, 1.54) is 0 Å². The molecule has 23 heavy (non-hydrogen) atoms. The van der Waals surface area contributed by atoms with Crippen LogP contribution in [0.2, 0.25) is 5.02 Å². The van der Waals surface area contributed by atoms with Gasteiger partial charge in [0.15, 0.2) is 0 Å². The number of ether oxygens (including phenoxy) is 1. The van der Waals surface area contributed by atoms with Crippen molar-refractivity contribution in [3.63, 3.8) is 0 Å². The van der Waals surface area contributed by atoms with Gasteiger partial charge in [-0.25, -0.2) is 0 Å². The second-order valence-corrected chi connectivity index (χ2v) is 5.56. The molecule has 0 aliphatic rings. The normalized spacial score (nSPS) is 12.9. The molecule has 118 valence electrons. The third-order valence-electron chi connectivity index (χ3n) is 3.70. The van der Waals surface area contributed by atoms with Crippen LogP contribution in [0.25, 0.3) is 0 Å². The van der Waals surface area contributed by atoms with E-state index < -0.39 is 5.92 Å². The lowest BCUT2D eigenvalue weighted by Gasteiger charge is -2.23. The molecule has 0 bridgehead atoms. The van der Waals surface area contributed by atoms with E-state index in [2.05, 4.69) is 6.07 Å². The molecule has 0 amide bonds. The van der Waals surface area contributed by atoms with Gasteiger partial charge in [0.05, 0.1) is 25.0 Å². The summed E-state index contributed by atoms with van der Waals surface area (Å²) < 4.78 is 5.07. The number of nitrogens with zero attached hydrogens (tertiary/aromatic N) is 1.